The Kier molecular flexibility index (Phi) is 9.65. The van der Waals surface area contributed by atoms with Crippen LogP contribution in [0.15, 0.2) is 41.3 Å². The molecular formula is C34H42F3N5O4S. The topological polar surface area (TPSA) is 97.7 Å². The lowest BCUT2D eigenvalue weighted by Gasteiger charge is -2.44. The lowest BCUT2D eigenvalue weighted by molar-refractivity contribution is -0.140. The summed E-state index contributed by atoms with van der Waals surface area (Å²) in [7, 11) is -2.00. The molecule has 2 N–H and O–H groups in total. The zero-order valence-electron chi connectivity index (χ0n) is 26.8. The maximum atomic E-state index is 13.7. The molecule has 6 rings (SSSR count). The van der Waals surface area contributed by atoms with Gasteiger partial charge in [-0.15, -0.1) is 0 Å². The molecule has 3 fully saturated rings. The predicted octanol–water partition coefficient (Wildman–Crippen LogP) is 5.70. The van der Waals surface area contributed by atoms with Gasteiger partial charge in [0.1, 0.15) is 17.8 Å². The van der Waals surface area contributed by atoms with E-state index in [2.05, 4.69) is 32.4 Å². The highest BCUT2D eigenvalue weighted by Gasteiger charge is 2.40. The van der Waals surface area contributed by atoms with E-state index in [0.717, 1.165) is 62.8 Å². The molecule has 2 saturated heterocycles. The summed E-state index contributed by atoms with van der Waals surface area (Å²) < 4.78 is 77.0. The summed E-state index contributed by atoms with van der Waals surface area (Å²) in [5, 5.41) is 6.64. The molecule has 1 aromatic heterocycles. The second-order valence-electron chi connectivity index (χ2n) is 13.1. The molecule has 9 nitrogen and oxygen atoms in total. The maximum Gasteiger partial charge on any atom is 0.406 e. The smallest absolute Gasteiger partial charge is 0.406 e. The molecule has 1 aliphatic carbocycles. The third-order valence-electron chi connectivity index (χ3n) is 9.90. The number of fused-ring (bicyclic) bond motifs is 1. The first-order valence-corrected chi connectivity index (χ1v) is 18.1. The van der Waals surface area contributed by atoms with E-state index in [0.29, 0.717) is 39.6 Å². The number of nitrogens with one attached hydrogen (secondary N) is 2. The van der Waals surface area contributed by atoms with E-state index in [1.54, 1.807) is 18.2 Å². The molecule has 3 heterocycles. The quantitative estimate of drug-likeness (QED) is 0.294. The number of likely N-dealkylation sites (tertiary alicyclic amines) is 1. The molecule has 2 aliphatic heterocycles. The van der Waals surface area contributed by atoms with Crippen molar-refractivity contribution in [2.45, 2.75) is 74.6 Å². The Morgan fingerprint density at radius 2 is 1.85 bits per heavy atom. The second kappa shape index (κ2) is 13.6. The first-order chi connectivity index (χ1) is 22.4. The van der Waals surface area contributed by atoms with Crippen LogP contribution >= 0.6 is 0 Å². The minimum Gasteiger partial charge on any atom is -0.495 e. The fraction of sp³-hybridized carbons (Fsp3) is 0.559. The number of halogens is 3. The fourth-order valence-corrected chi connectivity index (χ4v) is 7.86. The van der Waals surface area contributed by atoms with Crippen molar-refractivity contribution in [3.8, 4) is 17.6 Å². The van der Waals surface area contributed by atoms with Gasteiger partial charge in [0.05, 0.1) is 42.0 Å². The molecule has 2 aromatic carbocycles. The van der Waals surface area contributed by atoms with E-state index >= 15 is 0 Å². The molecule has 0 bridgehead atoms. The van der Waals surface area contributed by atoms with Crippen molar-refractivity contribution in [3.05, 3.63) is 42.2 Å². The van der Waals surface area contributed by atoms with Gasteiger partial charge in [-0.3, -0.25) is 0 Å². The number of imidazole rings is 1. The van der Waals surface area contributed by atoms with Crippen molar-refractivity contribution in [1.29, 1.82) is 0 Å². The molecule has 3 aliphatic rings. The van der Waals surface area contributed by atoms with E-state index in [9.17, 15) is 21.6 Å². The van der Waals surface area contributed by atoms with E-state index in [1.165, 1.54) is 38.5 Å². The van der Waals surface area contributed by atoms with Crippen LogP contribution in [0.1, 0.15) is 50.8 Å². The highest BCUT2D eigenvalue weighted by atomic mass is 32.2. The maximum absolute atomic E-state index is 13.7. The average molecular weight is 674 g/mol. The lowest BCUT2D eigenvalue weighted by Crippen LogP contribution is -2.47. The van der Waals surface area contributed by atoms with E-state index in [-0.39, 0.29) is 23.3 Å². The molecule has 47 heavy (non-hydrogen) atoms. The van der Waals surface area contributed by atoms with Crippen LogP contribution in [0, 0.1) is 17.3 Å². The van der Waals surface area contributed by atoms with Gasteiger partial charge in [0, 0.05) is 31.0 Å². The largest absolute Gasteiger partial charge is 0.495 e. The summed E-state index contributed by atoms with van der Waals surface area (Å²) in [5.74, 6) is 6.02. The van der Waals surface area contributed by atoms with E-state index in [4.69, 9.17) is 9.47 Å². The number of benzene rings is 2. The number of hydrogen-bond acceptors (Lipinski definition) is 8. The third kappa shape index (κ3) is 7.82. The number of sulfone groups is 1. The fourth-order valence-electron chi connectivity index (χ4n) is 7.22. The van der Waals surface area contributed by atoms with Crippen LogP contribution < -0.4 is 15.4 Å². The average Bonchev–Trinajstić information content (AvgIpc) is 3.63. The van der Waals surface area contributed by atoms with Crippen LogP contribution in [0.5, 0.6) is 5.75 Å². The minimum atomic E-state index is -4.46. The van der Waals surface area contributed by atoms with Crippen LogP contribution in [0.2, 0.25) is 0 Å². The van der Waals surface area contributed by atoms with Crippen molar-refractivity contribution in [2.24, 2.45) is 5.41 Å². The Labute approximate surface area is 274 Å². The number of nitrogens with zero attached hydrogens (tertiary/aromatic N) is 3. The number of methoxy groups -OCH3 is 1. The second-order valence-corrected chi connectivity index (χ2v) is 15.1. The van der Waals surface area contributed by atoms with Crippen molar-refractivity contribution in [3.63, 3.8) is 0 Å². The van der Waals surface area contributed by atoms with Crippen LogP contribution in [0.4, 0.5) is 24.5 Å². The van der Waals surface area contributed by atoms with Crippen molar-refractivity contribution in [1.82, 2.24) is 14.5 Å². The normalized spacial score (nSPS) is 21.8. The zero-order valence-corrected chi connectivity index (χ0v) is 27.6. The molecule has 0 radical (unpaired) electrons. The summed E-state index contributed by atoms with van der Waals surface area (Å²) in [4.78, 5) is 7.35. The van der Waals surface area contributed by atoms with E-state index in [1.807, 2.05) is 6.07 Å². The van der Waals surface area contributed by atoms with Gasteiger partial charge in [-0.25, -0.2) is 13.4 Å². The minimum absolute atomic E-state index is 0.0204. The number of aromatic nitrogens is 2. The van der Waals surface area contributed by atoms with Crippen LogP contribution in [-0.2, 0) is 21.1 Å². The van der Waals surface area contributed by atoms with Gasteiger partial charge in [0.25, 0.3) is 0 Å². The van der Waals surface area contributed by atoms with Gasteiger partial charge in [-0.05, 0) is 93.6 Å². The molecule has 0 atom stereocenters. The predicted molar refractivity (Wildman–Crippen MR) is 176 cm³/mol. The Balaban J connectivity index is 1.13. The molecule has 3 aromatic rings. The zero-order chi connectivity index (χ0) is 33.2. The first kappa shape index (κ1) is 33.4. The van der Waals surface area contributed by atoms with Gasteiger partial charge >= 0.3 is 6.18 Å². The van der Waals surface area contributed by atoms with Crippen molar-refractivity contribution in [2.75, 3.05) is 56.8 Å². The van der Waals surface area contributed by atoms with E-state index < -0.39 is 22.6 Å². The summed E-state index contributed by atoms with van der Waals surface area (Å²) >= 11 is 0. The molecule has 0 unspecified atom stereocenters. The summed E-state index contributed by atoms with van der Waals surface area (Å²) in [6, 6.07) is 10.5. The van der Waals surface area contributed by atoms with Crippen molar-refractivity contribution < 1.29 is 31.1 Å². The first-order valence-electron chi connectivity index (χ1n) is 16.2. The standard InChI is InChI=1S/C34H42F3N5O4S/c1-45-30-21-26(47(2,43)44)12-13-27(30)38-17-4-7-31-40-32-28(5-3-6-29(32)42(31)22-34(35,36)37)39-24-8-10-25(11-9-24)41-18-14-33(15-19-41)16-20-46-23-33/h3,5-6,12-13,21,24-25,38-39H,8-11,14-20,22-23H2,1-2H3/t24-,25+. The molecule has 254 valence electrons. The van der Waals surface area contributed by atoms with Gasteiger partial charge in [0.2, 0.25) is 0 Å². The Morgan fingerprint density at radius 1 is 1.09 bits per heavy atom. The summed E-state index contributed by atoms with van der Waals surface area (Å²) in [6.45, 7) is 2.92. The monoisotopic (exact) mass is 673 g/mol. The van der Waals surface area contributed by atoms with Gasteiger partial charge in [0.15, 0.2) is 15.7 Å². The molecule has 1 spiro atoms. The van der Waals surface area contributed by atoms with Gasteiger partial charge in [-0.1, -0.05) is 12.0 Å². The molecule has 0 amide bonds. The molecular weight excluding hydrogens is 631 g/mol. The number of rotatable bonds is 8. The summed E-state index contributed by atoms with van der Waals surface area (Å²) in [6.07, 6.45) is 4.40. The SMILES string of the molecule is COc1cc(S(C)(=O)=O)ccc1NCC#Cc1nc2c(N[C@H]3CC[C@@H](N4CCC5(CCOC5)CC4)CC3)cccc2n1CC(F)(F)F. The Bertz CT molecular complexity index is 1740. The molecule has 13 heteroatoms. The van der Waals surface area contributed by atoms with Gasteiger partial charge in [-0.2, -0.15) is 13.2 Å². The number of para-hydroxylation sites is 1. The highest BCUT2D eigenvalue weighted by molar-refractivity contribution is 7.90. The number of anilines is 2. The van der Waals surface area contributed by atoms with Crippen LogP contribution in [0.25, 0.3) is 11.0 Å². The van der Waals surface area contributed by atoms with Crippen LogP contribution in [0.3, 0.4) is 0 Å². The third-order valence-corrected chi connectivity index (χ3v) is 11.0. The lowest BCUT2D eigenvalue weighted by atomic mass is 9.77. The van der Waals surface area contributed by atoms with Crippen LogP contribution in [-0.4, -0.2) is 87.3 Å². The number of hydrogen-bond donors (Lipinski definition) is 2. The summed E-state index contributed by atoms with van der Waals surface area (Å²) in [5.41, 5.74) is 2.45. The molecule has 1 saturated carbocycles. The van der Waals surface area contributed by atoms with Gasteiger partial charge < -0.3 is 29.6 Å². The van der Waals surface area contributed by atoms with Crippen molar-refractivity contribution >= 4 is 32.2 Å². The number of alkyl halides is 3. The number of piperidine rings is 1. The Hall–Kier alpha value is -3.47. The highest BCUT2D eigenvalue weighted by Crippen LogP contribution is 2.41. The Morgan fingerprint density at radius 3 is 2.51 bits per heavy atom. The number of ether oxygens (including phenoxy) is 2.